The summed E-state index contributed by atoms with van der Waals surface area (Å²) >= 11 is 3.40. The Labute approximate surface area is 121 Å². The highest BCUT2D eigenvalue weighted by Crippen LogP contribution is 2.41. The fourth-order valence-electron chi connectivity index (χ4n) is 2.97. The Morgan fingerprint density at radius 1 is 1.47 bits per heavy atom. The summed E-state index contributed by atoms with van der Waals surface area (Å²) in [4.78, 5) is 12.4. The van der Waals surface area contributed by atoms with E-state index in [9.17, 15) is 4.79 Å². The van der Waals surface area contributed by atoms with E-state index in [1.165, 1.54) is 0 Å². The molecule has 0 saturated carbocycles. The molecule has 2 atom stereocenters. The summed E-state index contributed by atoms with van der Waals surface area (Å²) in [6, 6.07) is 5.65. The van der Waals surface area contributed by atoms with Crippen molar-refractivity contribution in [1.82, 2.24) is 0 Å². The summed E-state index contributed by atoms with van der Waals surface area (Å²) in [6.45, 7) is 2.79. The molecule has 4 heteroatoms. The third-order valence-corrected chi connectivity index (χ3v) is 4.51. The van der Waals surface area contributed by atoms with E-state index < -0.39 is 0 Å². The van der Waals surface area contributed by atoms with Crippen LogP contribution in [-0.4, -0.2) is 24.1 Å². The maximum Gasteiger partial charge on any atom is 0.170 e. The van der Waals surface area contributed by atoms with Gasteiger partial charge in [0.2, 0.25) is 0 Å². The molecule has 0 bridgehead atoms. The number of carbonyl (C=O) groups excluding carboxylic acids is 1. The number of carbonyl (C=O) groups is 1. The Morgan fingerprint density at radius 3 is 3.11 bits per heavy atom. The quantitative estimate of drug-likeness (QED) is 0.789. The van der Waals surface area contributed by atoms with Crippen LogP contribution in [0.4, 0.5) is 0 Å². The molecule has 2 unspecified atom stereocenters. The maximum atomic E-state index is 12.4. The molecule has 2 aliphatic heterocycles. The van der Waals surface area contributed by atoms with Crippen LogP contribution in [0, 0.1) is 0 Å². The summed E-state index contributed by atoms with van der Waals surface area (Å²) in [5.41, 5.74) is 0.344. The van der Waals surface area contributed by atoms with Crippen molar-refractivity contribution >= 4 is 21.7 Å². The van der Waals surface area contributed by atoms with Gasteiger partial charge in [-0.25, -0.2) is 0 Å². The number of halogens is 1. The average molecular weight is 325 g/mol. The van der Waals surface area contributed by atoms with Crippen LogP contribution in [0.2, 0.25) is 0 Å². The zero-order chi connectivity index (χ0) is 13.5. The molecule has 0 radical (unpaired) electrons. The van der Waals surface area contributed by atoms with E-state index in [-0.39, 0.29) is 17.5 Å². The third-order valence-electron chi connectivity index (χ3n) is 4.02. The van der Waals surface area contributed by atoms with E-state index >= 15 is 0 Å². The van der Waals surface area contributed by atoms with Crippen molar-refractivity contribution < 1.29 is 14.3 Å². The minimum absolute atomic E-state index is 0.180. The van der Waals surface area contributed by atoms with Crippen LogP contribution in [0.3, 0.4) is 0 Å². The second kappa shape index (κ2) is 4.91. The molecule has 1 fully saturated rings. The van der Waals surface area contributed by atoms with Crippen LogP contribution in [0.15, 0.2) is 22.7 Å². The molecule has 1 saturated heterocycles. The van der Waals surface area contributed by atoms with Crippen LogP contribution in [0.1, 0.15) is 43.0 Å². The van der Waals surface area contributed by atoms with E-state index in [0.29, 0.717) is 18.6 Å². The molecule has 2 heterocycles. The highest BCUT2D eigenvalue weighted by atomic mass is 79.9. The zero-order valence-corrected chi connectivity index (χ0v) is 12.5. The molecule has 3 rings (SSSR count). The number of Topliss-reactive ketones (excluding diaryl/α,β-unsaturated/α-hetero) is 1. The summed E-state index contributed by atoms with van der Waals surface area (Å²) in [7, 11) is 0. The van der Waals surface area contributed by atoms with Gasteiger partial charge >= 0.3 is 0 Å². The topological polar surface area (TPSA) is 35.5 Å². The van der Waals surface area contributed by atoms with Gasteiger partial charge in [-0.15, -0.1) is 0 Å². The van der Waals surface area contributed by atoms with Crippen molar-refractivity contribution in [2.45, 2.75) is 44.3 Å². The standard InChI is InChI=1S/C15H17BrO3/c1-2-11-8-15(5-6-18-11)9-13(17)12-7-10(16)3-4-14(12)19-15/h3-4,7,11H,2,5-6,8-9H2,1H3. The fourth-order valence-corrected chi connectivity index (χ4v) is 3.33. The minimum Gasteiger partial charge on any atom is -0.486 e. The van der Waals surface area contributed by atoms with Crippen LogP contribution < -0.4 is 4.74 Å². The van der Waals surface area contributed by atoms with Gasteiger partial charge < -0.3 is 9.47 Å². The van der Waals surface area contributed by atoms with Crippen LogP contribution >= 0.6 is 15.9 Å². The monoisotopic (exact) mass is 324 g/mol. The highest BCUT2D eigenvalue weighted by Gasteiger charge is 2.44. The lowest BCUT2D eigenvalue weighted by Gasteiger charge is -2.43. The number of hydrogen-bond donors (Lipinski definition) is 0. The average Bonchev–Trinajstić information content (AvgIpc) is 2.40. The van der Waals surface area contributed by atoms with Gasteiger partial charge in [-0.1, -0.05) is 22.9 Å². The lowest BCUT2D eigenvalue weighted by molar-refractivity contribution is -0.0922. The van der Waals surface area contributed by atoms with Crippen molar-refractivity contribution in [3.8, 4) is 5.75 Å². The predicted molar refractivity (Wildman–Crippen MR) is 75.7 cm³/mol. The first-order chi connectivity index (χ1) is 9.12. The molecular weight excluding hydrogens is 308 g/mol. The van der Waals surface area contributed by atoms with Crippen molar-refractivity contribution in [2.24, 2.45) is 0 Å². The van der Waals surface area contributed by atoms with Gasteiger partial charge in [-0.2, -0.15) is 0 Å². The molecule has 102 valence electrons. The normalized spacial score (nSPS) is 30.0. The lowest BCUT2D eigenvalue weighted by Crippen LogP contribution is -2.49. The Balaban J connectivity index is 1.92. The number of ketones is 1. The summed E-state index contributed by atoms with van der Waals surface area (Å²) < 4.78 is 12.8. The van der Waals surface area contributed by atoms with Crippen LogP contribution in [-0.2, 0) is 4.74 Å². The molecule has 1 aromatic rings. The third kappa shape index (κ3) is 2.43. The van der Waals surface area contributed by atoms with E-state index in [4.69, 9.17) is 9.47 Å². The SMILES string of the molecule is CCC1CC2(CCO1)CC(=O)c1cc(Br)ccc1O2. The van der Waals surface area contributed by atoms with Crippen LogP contribution in [0.5, 0.6) is 5.75 Å². The van der Waals surface area contributed by atoms with Crippen LogP contribution in [0.25, 0.3) is 0 Å². The molecule has 0 amide bonds. The first kappa shape index (κ1) is 13.1. The van der Waals surface area contributed by atoms with E-state index in [2.05, 4.69) is 22.9 Å². The van der Waals surface area contributed by atoms with Gasteiger partial charge in [0.05, 0.1) is 24.7 Å². The van der Waals surface area contributed by atoms with Crippen molar-refractivity contribution in [3.05, 3.63) is 28.2 Å². The van der Waals surface area contributed by atoms with E-state index in [0.717, 1.165) is 29.5 Å². The van der Waals surface area contributed by atoms with Crippen molar-refractivity contribution in [2.75, 3.05) is 6.61 Å². The fraction of sp³-hybridized carbons (Fsp3) is 0.533. The highest BCUT2D eigenvalue weighted by molar-refractivity contribution is 9.10. The molecule has 1 spiro atoms. The molecule has 3 nitrogen and oxygen atoms in total. The van der Waals surface area contributed by atoms with Gasteiger partial charge in [0.15, 0.2) is 5.78 Å². The Morgan fingerprint density at radius 2 is 2.32 bits per heavy atom. The van der Waals surface area contributed by atoms with Gasteiger partial charge in [0.25, 0.3) is 0 Å². The summed E-state index contributed by atoms with van der Waals surface area (Å²) in [5.74, 6) is 0.899. The number of benzene rings is 1. The van der Waals surface area contributed by atoms with Gasteiger partial charge in [-0.3, -0.25) is 4.79 Å². The van der Waals surface area contributed by atoms with Gasteiger partial charge in [0.1, 0.15) is 11.4 Å². The second-order valence-electron chi connectivity index (χ2n) is 5.38. The molecule has 19 heavy (non-hydrogen) atoms. The zero-order valence-electron chi connectivity index (χ0n) is 10.9. The predicted octanol–water partition coefficient (Wildman–Crippen LogP) is 3.74. The minimum atomic E-state index is -0.350. The smallest absolute Gasteiger partial charge is 0.170 e. The molecule has 0 aromatic heterocycles. The Bertz CT molecular complexity index is 514. The Kier molecular flexibility index (Phi) is 3.39. The first-order valence-electron chi connectivity index (χ1n) is 6.75. The van der Waals surface area contributed by atoms with E-state index in [1.54, 1.807) is 0 Å². The number of fused-ring (bicyclic) bond motifs is 1. The lowest BCUT2D eigenvalue weighted by atomic mass is 9.81. The molecule has 2 aliphatic rings. The number of hydrogen-bond acceptors (Lipinski definition) is 3. The summed E-state index contributed by atoms with van der Waals surface area (Å²) in [5, 5.41) is 0. The largest absolute Gasteiger partial charge is 0.486 e. The first-order valence-corrected chi connectivity index (χ1v) is 7.54. The second-order valence-corrected chi connectivity index (χ2v) is 6.30. The molecule has 0 N–H and O–H groups in total. The van der Waals surface area contributed by atoms with Gasteiger partial charge in [0, 0.05) is 17.3 Å². The van der Waals surface area contributed by atoms with Crippen molar-refractivity contribution in [1.29, 1.82) is 0 Å². The Hall–Kier alpha value is -0.870. The molecule has 0 aliphatic carbocycles. The molecule has 1 aromatic carbocycles. The molecular formula is C15H17BrO3. The number of rotatable bonds is 1. The van der Waals surface area contributed by atoms with Gasteiger partial charge in [-0.05, 0) is 24.6 Å². The maximum absolute atomic E-state index is 12.4. The number of ether oxygens (including phenoxy) is 2. The summed E-state index contributed by atoms with van der Waals surface area (Å²) in [6.07, 6.45) is 3.25. The van der Waals surface area contributed by atoms with Crippen molar-refractivity contribution in [3.63, 3.8) is 0 Å². The van der Waals surface area contributed by atoms with E-state index in [1.807, 2.05) is 18.2 Å².